The van der Waals surface area contributed by atoms with Crippen LogP contribution < -0.4 is 5.32 Å². The van der Waals surface area contributed by atoms with E-state index in [1.807, 2.05) is 19.9 Å². The van der Waals surface area contributed by atoms with Crippen LogP contribution in [0.2, 0.25) is 0 Å². The van der Waals surface area contributed by atoms with Crippen LogP contribution in [-0.4, -0.2) is 48.4 Å². The molecule has 0 aliphatic carbocycles. The Balaban J connectivity index is 2.06. The number of rotatable bonds is 6. The van der Waals surface area contributed by atoms with Crippen molar-refractivity contribution in [3.05, 3.63) is 33.4 Å². The second-order valence-electron chi connectivity index (χ2n) is 6.42. The smallest absolute Gasteiger partial charge is 0.308 e. The molecule has 1 N–H and O–H groups in total. The molecule has 1 saturated heterocycles. The summed E-state index contributed by atoms with van der Waals surface area (Å²) in [5.74, 6) is -0.577. The third kappa shape index (κ3) is 5.69. The Kier molecular flexibility index (Phi) is 7.22. The molecule has 7 heteroatoms. The van der Waals surface area contributed by atoms with E-state index < -0.39 is 12.0 Å². The van der Waals surface area contributed by atoms with E-state index in [0.29, 0.717) is 31.2 Å². The normalized spacial score (nSPS) is 17.4. The Labute approximate surface area is 161 Å². The lowest BCUT2D eigenvalue weighted by molar-refractivity contribution is -0.148. The third-order valence-corrected chi connectivity index (χ3v) is 4.65. The molecule has 1 aromatic rings. The zero-order valence-corrected chi connectivity index (χ0v) is 16.6. The first-order chi connectivity index (χ1) is 11.9. The van der Waals surface area contributed by atoms with Crippen molar-refractivity contribution < 1.29 is 19.1 Å². The molecule has 1 unspecified atom stereocenters. The molecule has 1 aliphatic rings. The van der Waals surface area contributed by atoms with E-state index in [2.05, 4.69) is 27.9 Å². The summed E-state index contributed by atoms with van der Waals surface area (Å²) in [4.78, 5) is 38.5. The van der Waals surface area contributed by atoms with E-state index in [0.717, 1.165) is 9.99 Å². The zero-order valence-electron chi connectivity index (χ0n) is 14.5. The summed E-state index contributed by atoms with van der Waals surface area (Å²) in [7, 11) is 0. The van der Waals surface area contributed by atoms with Crippen molar-refractivity contribution in [2.45, 2.75) is 32.7 Å². The van der Waals surface area contributed by atoms with Gasteiger partial charge in [0.05, 0.1) is 13.0 Å². The number of ether oxygens (including phenoxy) is 1. The molecule has 0 saturated carbocycles. The first-order valence-corrected chi connectivity index (χ1v) is 9.46. The number of carbonyl (C=O) groups excluding carboxylic acids is 3. The summed E-state index contributed by atoms with van der Waals surface area (Å²) in [6.07, 6.45) is 0.646. The fraction of sp³-hybridized carbons (Fsp3) is 0.500. The molecule has 136 valence electrons. The highest BCUT2D eigenvalue weighted by atomic mass is 127. The minimum absolute atomic E-state index is 0.125. The molecule has 0 aromatic heterocycles. The minimum Gasteiger partial charge on any atom is -0.466 e. The summed E-state index contributed by atoms with van der Waals surface area (Å²) < 4.78 is 6.14. The summed E-state index contributed by atoms with van der Waals surface area (Å²) in [6, 6.07) is 6.35. The van der Waals surface area contributed by atoms with Gasteiger partial charge in [0, 0.05) is 22.2 Å². The number of amides is 2. The molecule has 6 nitrogen and oxygen atoms in total. The molecular weight excluding hydrogens is 435 g/mol. The highest BCUT2D eigenvalue weighted by Gasteiger charge is 2.35. The van der Waals surface area contributed by atoms with Crippen molar-refractivity contribution >= 4 is 40.4 Å². The molecule has 2 amide bonds. The number of nitrogens with one attached hydrogen (secondary N) is 1. The fourth-order valence-corrected chi connectivity index (χ4v) is 3.12. The zero-order chi connectivity index (χ0) is 18.4. The lowest BCUT2D eigenvalue weighted by Crippen LogP contribution is -2.57. The average Bonchev–Trinajstić information content (AvgIpc) is 2.55. The van der Waals surface area contributed by atoms with Gasteiger partial charge in [0.25, 0.3) is 5.91 Å². The summed E-state index contributed by atoms with van der Waals surface area (Å²) in [5, 5.41) is 2.72. The molecular formula is C18H23IN2O4. The fourth-order valence-electron chi connectivity index (χ4n) is 2.57. The van der Waals surface area contributed by atoms with E-state index in [9.17, 15) is 14.4 Å². The Morgan fingerprint density at radius 2 is 2.16 bits per heavy atom. The quantitative estimate of drug-likeness (QED) is 0.524. The Morgan fingerprint density at radius 3 is 2.84 bits per heavy atom. The monoisotopic (exact) mass is 458 g/mol. The van der Waals surface area contributed by atoms with E-state index in [4.69, 9.17) is 4.74 Å². The Bertz CT molecular complexity index is 648. The van der Waals surface area contributed by atoms with Crippen LogP contribution in [-0.2, 0) is 14.3 Å². The average molecular weight is 458 g/mol. The van der Waals surface area contributed by atoms with Crippen molar-refractivity contribution in [1.82, 2.24) is 10.2 Å². The molecule has 0 radical (unpaired) electrons. The van der Waals surface area contributed by atoms with Crippen molar-refractivity contribution in [2.75, 3.05) is 19.7 Å². The minimum atomic E-state index is -0.828. The predicted octanol–water partition coefficient (Wildman–Crippen LogP) is 2.21. The van der Waals surface area contributed by atoms with Crippen LogP contribution in [0.5, 0.6) is 0 Å². The van der Waals surface area contributed by atoms with Crippen LogP contribution in [0.4, 0.5) is 0 Å². The maximum Gasteiger partial charge on any atom is 0.308 e. The number of nitrogens with zero attached hydrogens (tertiary/aromatic N) is 1. The second kappa shape index (κ2) is 9.17. The molecule has 1 fully saturated rings. The van der Waals surface area contributed by atoms with E-state index in [1.54, 1.807) is 18.2 Å². The second-order valence-corrected chi connectivity index (χ2v) is 7.67. The highest BCUT2D eigenvalue weighted by Crippen LogP contribution is 2.16. The van der Waals surface area contributed by atoms with Crippen LogP contribution >= 0.6 is 22.6 Å². The van der Waals surface area contributed by atoms with Crippen molar-refractivity contribution in [2.24, 2.45) is 5.92 Å². The van der Waals surface area contributed by atoms with Crippen LogP contribution in [0.25, 0.3) is 0 Å². The van der Waals surface area contributed by atoms with E-state index in [-0.39, 0.29) is 18.2 Å². The predicted molar refractivity (Wildman–Crippen MR) is 102 cm³/mol. The van der Waals surface area contributed by atoms with E-state index >= 15 is 0 Å². The van der Waals surface area contributed by atoms with Gasteiger partial charge in [-0.1, -0.05) is 19.9 Å². The van der Waals surface area contributed by atoms with Crippen molar-refractivity contribution in [1.29, 1.82) is 0 Å². The summed E-state index contributed by atoms with van der Waals surface area (Å²) in [6.45, 7) is 5.18. The van der Waals surface area contributed by atoms with Gasteiger partial charge >= 0.3 is 5.97 Å². The Morgan fingerprint density at radius 1 is 1.40 bits per heavy atom. The number of hydrogen-bond acceptors (Lipinski definition) is 4. The lowest BCUT2D eigenvalue weighted by Gasteiger charge is -2.34. The van der Waals surface area contributed by atoms with E-state index in [1.165, 1.54) is 4.90 Å². The van der Waals surface area contributed by atoms with Crippen LogP contribution in [0.15, 0.2) is 24.3 Å². The van der Waals surface area contributed by atoms with Gasteiger partial charge in [-0.05, 0) is 53.1 Å². The van der Waals surface area contributed by atoms with Crippen LogP contribution in [0, 0.1) is 9.49 Å². The van der Waals surface area contributed by atoms with Gasteiger partial charge < -0.3 is 15.0 Å². The van der Waals surface area contributed by atoms with Gasteiger partial charge in [-0.3, -0.25) is 14.4 Å². The van der Waals surface area contributed by atoms with Gasteiger partial charge in [-0.2, -0.15) is 0 Å². The molecule has 1 aromatic carbocycles. The van der Waals surface area contributed by atoms with Gasteiger partial charge in [-0.15, -0.1) is 0 Å². The number of benzene rings is 1. The third-order valence-electron chi connectivity index (χ3n) is 3.98. The van der Waals surface area contributed by atoms with Crippen molar-refractivity contribution in [3.8, 4) is 0 Å². The molecule has 2 rings (SSSR count). The number of halogens is 1. The largest absolute Gasteiger partial charge is 0.466 e. The first-order valence-electron chi connectivity index (χ1n) is 8.38. The molecule has 1 aliphatic heterocycles. The topological polar surface area (TPSA) is 75.7 Å². The van der Waals surface area contributed by atoms with Gasteiger partial charge in [0.15, 0.2) is 0 Å². The van der Waals surface area contributed by atoms with Crippen LogP contribution in [0.1, 0.15) is 37.0 Å². The number of esters is 1. The molecule has 0 spiro atoms. The SMILES string of the molecule is CC(C)CCOC(=O)CC1C(=O)NCCN1C(=O)c1cccc(I)c1. The van der Waals surface area contributed by atoms with Crippen molar-refractivity contribution in [3.63, 3.8) is 0 Å². The first kappa shape index (κ1) is 19.7. The summed E-state index contributed by atoms with van der Waals surface area (Å²) >= 11 is 2.14. The van der Waals surface area contributed by atoms with Gasteiger partial charge in [0.1, 0.15) is 6.04 Å². The lowest BCUT2D eigenvalue weighted by atomic mass is 10.1. The maximum atomic E-state index is 12.8. The highest BCUT2D eigenvalue weighted by molar-refractivity contribution is 14.1. The molecule has 25 heavy (non-hydrogen) atoms. The number of carbonyl (C=O) groups is 3. The van der Waals surface area contributed by atoms with Gasteiger partial charge in [0.2, 0.25) is 5.91 Å². The Hall–Kier alpha value is -1.64. The standard InChI is InChI=1S/C18H23IN2O4/c1-12(2)6-9-25-16(22)11-15-17(23)20-7-8-21(15)18(24)13-4-3-5-14(19)10-13/h3-5,10,12,15H,6-9,11H2,1-2H3,(H,20,23). The molecule has 1 atom stereocenters. The van der Waals surface area contributed by atoms with Gasteiger partial charge in [-0.25, -0.2) is 0 Å². The molecule has 1 heterocycles. The number of piperazine rings is 1. The van der Waals surface area contributed by atoms with Crippen LogP contribution in [0.3, 0.4) is 0 Å². The number of hydrogen-bond donors (Lipinski definition) is 1. The maximum absolute atomic E-state index is 12.8. The molecule has 0 bridgehead atoms. The summed E-state index contributed by atoms with van der Waals surface area (Å²) in [5.41, 5.74) is 0.514.